The van der Waals surface area contributed by atoms with Crippen molar-refractivity contribution in [1.82, 2.24) is 9.97 Å². The van der Waals surface area contributed by atoms with Crippen molar-refractivity contribution in [3.63, 3.8) is 0 Å². The van der Waals surface area contributed by atoms with Crippen LogP contribution in [0.3, 0.4) is 0 Å². The topological polar surface area (TPSA) is 59.4 Å². The van der Waals surface area contributed by atoms with E-state index in [9.17, 15) is 8.78 Å². The molecule has 0 aliphatic rings. The number of nitrogens with zero attached hydrogens (tertiary/aromatic N) is 3. The van der Waals surface area contributed by atoms with Gasteiger partial charge in [-0.3, -0.25) is 4.99 Å². The van der Waals surface area contributed by atoms with Crippen LogP contribution in [0.2, 0.25) is 5.02 Å². The number of aromatic nitrogens is 2. The third-order valence-corrected chi connectivity index (χ3v) is 4.02. The first-order valence-electron chi connectivity index (χ1n) is 8.58. The average Bonchev–Trinajstić information content (AvgIpc) is 2.66. The molecule has 2 aromatic carbocycles. The summed E-state index contributed by atoms with van der Waals surface area (Å²) < 4.78 is 29.6. The summed E-state index contributed by atoms with van der Waals surface area (Å²) in [5.74, 6) is 0.858. The molecule has 1 aromatic heterocycles. The Bertz CT molecular complexity index is 1100. The van der Waals surface area contributed by atoms with Crippen LogP contribution in [-0.2, 0) is 0 Å². The summed E-state index contributed by atoms with van der Waals surface area (Å²) in [5.41, 5.74) is 1.82. The number of halogens is 3. The zero-order valence-corrected chi connectivity index (χ0v) is 16.2. The third kappa shape index (κ3) is 5.14. The van der Waals surface area contributed by atoms with E-state index in [-0.39, 0.29) is 10.8 Å². The van der Waals surface area contributed by atoms with Crippen molar-refractivity contribution in [3.8, 4) is 5.75 Å². The smallest absolute Gasteiger partial charge is 0.387 e. The molecule has 0 bridgehead atoms. The molecular weight excluding hydrogens is 398 g/mol. The molecule has 0 saturated carbocycles. The molecule has 3 aromatic rings. The van der Waals surface area contributed by atoms with Crippen molar-refractivity contribution in [2.75, 3.05) is 5.32 Å². The maximum absolute atomic E-state index is 12.6. The van der Waals surface area contributed by atoms with E-state index in [2.05, 4.69) is 31.7 Å². The first kappa shape index (κ1) is 20.4. The number of hydrogen-bond acceptors (Lipinski definition) is 5. The van der Waals surface area contributed by atoms with Gasteiger partial charge in [-0.2, -0.15) is 8.78 Å². The molecule has 29 heavy (non-hydrogen) atoms. The lowest BCUT2D eigenvalue weighted by atomic mass is 10.2. The van der Waals surface area contributed by atoms with Crippen molar-refractivity contribution < 1.29 is 13.5 Å². The van der Waals surface area contributed by atoms with E-state index < -0.39 is 6.61 Å². The average molecular weight is 415 g/mol. The van der Waals surface area contributed by atoms with Gasteiger partial charge in [-0.15, -0.1) is 0 Å². The number of aliphatic imine (C=N–C) groups is 1. The van der Waals surface area contributed by atoms with Crippen molar-refractivity contribution >= 4 is 46.3 Å². The molecule has 0 spiro atoms. The molecule has 0 aliphatic carbocycles. The zero-order valence-electron chi connectivity index (χ0n) is 15.4. The largest absolute Gasteiger partial charge is 0.435 e. The molecule has 0 amide bonds. The molecule has 3 rings (SSSR count). The lowest BCUT2D eigenvalue weighted by Gasteiger charge is -2.13. The number of para-hydroxylation sites is 1. The number of benzene rings is 2. The molecule has 0 aliphatic heterocycles. The molecule has 148 valence electrons. The number of nitrogens with one attached hydrogen (secondary N) is 1. The summed E-state index contributed by atoms with van der Waals surface area (Å²) in [6.07, 6.45) is 5.21. The van der Waals surface area contributed by atoms with Crippen LogP contribution in [0.4, 0.5) is 20.3 Å². The van der Waals surface area contributed by atoms with Crippen LogP contribution in [0.15, 0.2) is 65.8 Å². The van der Waals surface area contributed by atoms with E-state index in [1.807, 2.05) is 43.3 Å². The fourth-order valence-corrected chi connectivity index (χ4v) is 2.92. The Kier molecular flexibility index (Phi) is 6.51. The van der Waals surface area contributed by atoms with Gasteiger partial charge in [0.05, 0.1) is 5.52 Å². The number of anilines is 2. The van der Waals surface area contributed by atoms with Gasteiger partial charge in [0, 0.05) is 33.9 Å². The molecule has 1 heterocycles. The normalized spacial score (nSPS) is 12.0. The Balaban J connectivity index is 2.10. The predicted molar refractivity (Wildman–Crippen MR) is 113 cm³/mol. The third-order valence-electron chi connectivity index (χ3n) is 3.80. The second-order valence-corrected chi connectivity index (χ2v) is 6.30. The predicted octanol–water partition coefficient (Wildman–Crippen LogP) is 6.25. The van der Waals surface area contributed by atoms with Gasteiger partial charge in [0.2, 0.25) is 0 Å². The summed E-state index contributed by atoms with van der Waals surface area (Å²) in [6, 6.07) is 11.7. The van der Waals surface area contributed by atoms with E-state index in [1.54, 1.807) is 12.3 Å². The molecule has 0 radical (unpaired) electrons. The molecule has 8 heteroatoms. The van der Waals surface area contributed by atoms with Gasteiger partial charge in [-0.05, 0) is 37.9 Å². The first-order valence-corrected chi connectivity index (χ1v) is 8.96. The molecule has 0 unspecified atom stereocenters. The fraction of sp³-hybridized carbons (Fsp3) is 0.0952. The molecule has 0 saturated heterocycles. The first-order chi connectivity index (χ1) is 14.0. The number of rotatable bonds is 7. The number of allylic oxidation sites excluding steroid dienone is 3. The van der Waals surface area contributed by atoms with E-state index in [0.717, 1.165) is 5.39 Å². The summed E-state index contributed by atoms with van der Waals surface area (Å²) in [4.78, 5) is 13.0. The highest BCUT2D eigenvalue weighted by molar-refractivity contribution is 6.31. The number of ether oxygens (including phenoxy) is 1. The second kappa shape index (κ2) is 9.25. The van der Waals surface area contributed by atoms with E-state index in [4.69, 9.17) is 11.6 Å². The van der Waals surface area contributed by atoms with E-state index in [0.29, 0.717) is 28.4 Å². The Hall–Kier alpha value is -3.32. The van der Waals surface area contributed by atoms with Crippen LogP contribution in [0, 0.1) is 0 Å². The SMILES string of the molecule is C=N/C=C(\C=C/C)c1nc(Nc2cc(Cl)cc(OC(F)F)c2)c2ccccc2n1. The van der Waals surface area contributed by atoms with Gasteiger partial charge in [0.15, 0.2) is 5.82 Å². The molecular formula is C21H17ClF2N4O. The van der Waals surface area contributed by atoms with Gasteiger partial charge in [0.1, 0.15) is 11.6 Å². The summed E-state index contributed by atoms with van der Waals surface area (Å²) in [7, 11) is 0. The maximum atomic E-state index is 12.6. The highest BCUT2D eigenvalue weighted by Crippen LogP contribution is 2.30. The van der Waals surface area contributed by atoms with E-state index in [1.165, 1.54) is 12.1 Å². The molecule has 0 fully saturated rings. The minimum absolute atomic E-state index is 0.0565. The summed E-state index contributed by atoms with van der Waals surface area (Å²) in [5, 5.41) is 4.12. The van der Waals surface area contributed by atoms with Crippen LogP contribution in [0.5, 0.6) is 5.75 Å². The number of alkyl halides is 2. The quantitative estimate of drug-likeness (QED) is 0.367. The molecule has 1 N–H and O–H groups in total. The summed E-state index contributed by atoms with van der Waals surface area (Å²) in [6.45, 7) is 2.40. The van der Waals surface area contributed by atoms with Crippen LogP contribution in [-0.4, -0.2) is 23.3 Å². The standard InChI is InChI=1S/C21H17ClF2N4O/c1-3-6-13(12-25-2)19-27-18-8-5-4-7-17(18)20(28-19)26-15-9-14(22)10-16(11-15)29-21(23)24/h3-12,21H,2H2,1H3,(H,26,27,28)/b6-3-,13-12+. The second-order valence-electron chi connectivity index (χ2n) is 5.86. The number of fused-ring (bicyclic) bond motifs is 1. The van der Waals surface area contributed by atoms with Crippen molar-refractivity contribution in [2.45, 2.75) is 13.5 Å². The van der Waals surface area contributed by atoms with Crippen LogP contribution in [0.1, 0.15) is 12.7 Å². The van der Waals surface area contributed by atoms with Gasteiger partial charge in [-0.1, -0.05) is 35.9 Å². The van der Waals surface area contributed by atoms with Gasteiger partial charge >= 0.3 is 6.61 Å². The highest BCUT2D eigenvalue weighted by atomic mass is 35.5. The van der Waals surface area contributed by atoms with Gasteiger partial charge < -0.3 is 10.1 Å². The Morgan fingerprint density at radius 2 is 2.03 bits per heavy atom. The lowest BCUT2D eigenvalue weighted by molar-refractivity contribution is -0.0497. The molecule has 5 nitrogen and oxygen atoms in total. The van der Waals surface area contributed by atoms with Gasteiger partial charge in [0.25, 0.3) is 0 Å². The minimum atomic E-state index is -2.95. The fourth-order valence-electron chi connectivity index (χ4n) is 2.70. The summed E-state index contributed by atoms with van der Waals surface area (Å²) >= 11 is 6.05. The van der Waals surface area contributed by atoms with E-state index >= 15 is 0 Å². The van der Waals surface area contributed by atoms with Crippen LogP contribution < -0.4 is 10.1 Å². The maximum Gasteiger partial charge on any atom is 0.387 e. The van der Waals surface area contributed by atoms with Crippen molar-refractivity contribution in [2.24, 2.45) is 4.99 Å². The number of hydrogen-bond donors (Lipinski definition) is 1. The van der Waals surface area contributed by atoms with Crippen molar-refractivity contribution in [3.05, 3.63) is 71.7 Å². The Labute approximate surface area is 171 Å². The zero-order chi connectivity index (χ0) is 20.8. The molecule has 0 atom stereocenters. The van der Waals surface area contributed by atoms with Gasteiger partial charge in [-0.25, -0.2) is 9.97 Å². The Morgan fingerprint density at radius 3 is 2.76 bits per heavy atom. The highest BCUT2D eigenvalue weighted by Gasteiger charge is 2.12. The van der Waals surface area contributed by atoms with Crippen LogP contribution >= 0.6 is 11.6 Å². The Morgan fingerprint density at radius 1 is 1.24 bits per heavy atom. The minimum Gasteiger partial charge on any atom is -0.435 e. The van der Waals surface area contributed by atoms with Crippen molar-refractivity contribution in [1.29, 1.82) is 0 Å². The monoisotopic (exact) mass is 414 g/mol. The van der Waals surface area contributed by atoms with Crippen LogP contribution in [0.25, 0.3) is 16.5 Å². The lowest BCUT2D eigenvalue weighted by Crippen LogP contribution is -2.04.